The molecule has 0 aliphatic heterocycles. The lowest BCUT2D eigenvalue weighted by Crippen LogP contribution is -2.22. The highest BCUT2D eigenvalue weighted by Crippen LogP contribution is 2.25. The maximum atomic E-state index is 13.0. The normalized spacial score (nSPS) is 14.5. The van der Waals surface area contributed by atoms with Crippen LogP contribution in [0.1, 0.15) is 38.8 Å². The smallest absolute Gasteiger partial charge is 0.335 e. The van der Waals surface area contributed by atoms with Crippen molar-refractivity contribution in [2.75, 3.05) is 5.32 Å². The SMILES string of the molecule is CCc1ccc(S(=O)(=O)/N=C2\C=C(Nc3cccc(C(=O)O)c3)C(=O)c3ccccc32)cc1. The van der Waals surface area contributed by atoms with E-state index in [1.54, 1.807) is 48.5 Å². The highest BCUT2D eigenvalue weighted by atomic mass is 32.2. The van der Waals surface area contributed by atoms with Crippen LogP contribution in [0.4, 0.5) is 5.69 Å². The number of allylic oxidation sites excluding steroid dienone is 2. The van der Waals surface area contributed by atoms with Gasteiger partial charge in [0.25, 0.3) is 10.0 Å². The van der Waals surface area contributed by atoms with Crippen LogP contribution in [0.25, 0.3) is 0 Å². The number of aryl methyl sites for hydroxylation is 1. The third-order valence-electron chi connectivity index (χ3n) is 5.21. The number of hydrogen-bond acceptors (Lipinski definition) is 5. The Hall–Kier alpha value is -4.04. The molecule has 0 heterocycles. The molecule has 3 aromatic rings. The first-order valence-electron chi connectivity index (χ1n) is 10.2. The lowest BCUT2D eigenvalue weighted by Gasteiger charge is -2.19. The van der Waals surface area contributed by atoms with E-state index < -0.39 is 16.0 Å². The number of carboxylic acids is 1. The van der Waals surface area contributed by atoms with E-state index >= 15 is 0 Å². The standard InChI is InChI=1S/C25H20N2O5S/c1-2-16-10-12-19(13-11-16)33(31,32)27-22-15-23(24(28)21-9-4-3-8-20(21)22)26-18-7-5-6-17(14-18)25(29)30/h3-15,26H,2H2,1H3,(H,29,30)/b27-22+. The number of nitrogens with zero attached hydrogens (tertiary/aromatic N) is 1. The van der Waals surface area contributed by atoms with Crippen molar-refractivity contribution in [3.8, 4) is 0 Å². The van der Waals surface area contributed by atoms with Crippen LogP contribution in [0.5, 0.6) is 0 Å². The second-order valence-corrected chi connectivity index (χ2v) is 9.00. The number of aromatic carboxylic acids is 1. The minimum atomic E-state index is -4.03. The number of nitrogens with one attached hydrogen (secondary N) is 1. The molecule has 0 aromatic heterocycles. The Morgan fingerprint density at radius 3 is 2.33 bits per heavy atom. The molecule has 166 valence electrons. The van der Waals surface area contributed by atoms with Crippen LogP contribution >= 0.6 is 0 Å². The summed E-state index contributed by atoms with van der Waals surface area (Å²) in [6.07, 6.45) is 2.15. The monoisotopic (exact) mass is 460 g/mol. The number of ketones is 1. The average Bonchev–Trinajstić information content (AvgIpc) is 2.82. The second kappa shape index (κ2) is 8.84. The van der Waals surface area contributed by atoms with Gasteiger partial charge in [0.2, 0.25) is 5.78 Å². The van der Waals surface area contributed by atoms with Gasteiger partial charge in [-0.05, 0) is 48.4 Å². The van der Waals surface area contributed by atoms with Gasteiger partial charge in [-0.1, -0.05) is 49.4 Å². The van der Waals surface area contributed by atoms with Crippen LogP contribution in [0.3, 0.4) is 0 Å². The molecule has 1 aliphatic rings. The quantitative estimate of drug-likeness (QED) is 0.567. The van der Waals surface area contributed by atoms with Gasteiger partial charge in [0.15, 0.2) is 0 Å². The number of carbonyl (C=O) groups excluding carboxylic acids is 1. The Bertz CT molecular complexity index is 1420. The molecule has 0 atom stereocenters. The molecule has 4 rings (SSSR count). The molecule has 3 aromatic carbocycles. The van der Waals surface area contributed by atoms with Crippen molar-refractivity contribution in [2.24, 2.45) is 4.40 Å². The van der Waals surface area contributed by atoms with E-state index in [1.807, 2.05) is 6.92 Å². The van der Waals surface area contributed by atoms with E-state index in [-0.39, 0.29) is 27.7 Å². The molecule has 8 heteroatoms. The molecule has 33 heavy (non-hydrogen) atoms. The summed E-state index contributed by atoms with van der Waals surface area (Å²) in [7, 11) is -4.03. The molecule has 0 bridgehead atoms. The molecule has 2 N–H and O–H groups in total. The number of carbonyl (C=O) groups is 2. The fraction of sp³-hybridized carbons (Fsp3) is 0.0800. The minimum absolute atomic E-state index is 0.0521. The lowest BCUT2D eigenvalue weighted by molar-refractivity contribution is 0.0696. The van der Waals surface area contributed by atoms with Gasteiger partial charge in [0, 0.05) is 16.8 Å². The second-order valence-electron chi connectivity index (χ2n) is 7.39. The number of fused-ring (bicyclic) bond motifs is 1. The number of hydrogen-bond donors (Lipinski definition) is 2. The first kappa shape index (κ1) is 22.2. The molecule has 7 nitrogen and oxygen atoms in total. The third kappa shape index (κ3) is 4.61. The Kier molecular flexibility index (Phi) is 5.93. The van der Waals surface area contributed by atoms with E-state index in [0.29, 0.717) is 16.8 Å². The van der Waals surface area contributed by atoms with Crippen LogP contribution in [0.2, 0.25) is 0 Å². The predicted molar refractivity (Wildman–Crippen MR) is 125 cm³/mol. The summed E-state index contributed by atoms with van der Waals surface area (Å²) in [5.41, 5.74) is 2.34. The summed E-state index contributed by atoms with van der Waals surface area (Å²) in [4.78, 5) is 24.4. The molecular weight excluding hydrogens is 440 g/mol. The molecule has 0 saturated carbocycles. The van der Waals surface area contributed by atoms with Gasteiger partial charge in [0.05, 0.1) is 21.9 Å². The van der Waals surface area contributed by atoms with Gasteiger partial charge < -0.3 is 10.4 Å². The van der Waals surface area contributed by atoms with Crippen LogP contribution in [-0.2, 0) is 16.4 Å². The predicted octanol–water partition coefficient (Wildman–Crippen LogP) is 4.32. The number of rotatable bonds is 6. The number of carboxylic acid groups (broad SMARTS) is 1. The van der Waals surface area contributed by atoms with Crippen LogP contribution < -0.4 is 5.32 Å². The van der Waals surface area contributed by atoms with E-state index in [1.165, 1.54) is 30.3 Å². The largest absolute Gasteiger partial charge is 0.478 e. The zero-order valence-corrected chi connectivity index (χ0v) is 18.5. The maximum Gasteiger partial charge on any atom is 0.335 e. The molecule has 0 unspecified atom stereocenters. The van der Waals surface area contributed by atoms with Crippen molar-refractivity contribution in [2.45, 2.75) is 18.2 Å². The van der Waals surface area contributed by atoms with Crippen LogP contribution in [-0.4, -0.2) is 31.0 Å². The van der Waals surface area contributed by atoms with Gasteiger partial charge in [-0.15, -0.1) is 0 Å². The lowest BCUT2D eigenvalue weighted by atomic mass is 9.92. The maximum absolute atomic E-state index is 13.0. The Balaban J connectivity index is 1.78. The number of benzene rings is 3. The van der Waals surface area contributed by atoms with E-state index in [4.69, 9.17) is 0 Å². The summed E-state index contributed by atoms with van der Waals surface area (Å²) >= 11 is 0. The first-order valence-corrected chi connectivity index (χ1v) is 11.6. The number of sulfonamides is 1. The fourth-order valence-electron chi connectivity index (χ4n) is 3.46. The zero-order chi connectivity index (χ0) is 23.6. The van der Waals surface area contributed by atoms with E-state index in [0.717, 1.165) is 12.0 Å². The van der Waals surface area contributed by atoms with Gasteiger partial charge in [-0.2, -0.15) is 12.8 Å². The molecular formula is C25H20N2O5S. The first-order chi connectivity index (χ1) is 15.8. The number of anilines is 1. The summed E-state index contributed by atoms with van der Waals surface area (Å²) < 4.78 is 30.0. The summed E-state index contributed by atoms with van der Waals surface area (Å²) in [6, 6.07) is 19.1. The number of Topliss-reactive ketones (excluding diaryl/α,β-unsaturated/α-hetero) is 1. The van der Waals surface area contributed by atoms with Crippen molar-refractivity contribution in [1.82, 2.24) is 0 Å². The van der Waals surface area contributed by atoms with Gasteiger partial charge in [-0.3, -0.25) is 4.79 Å². The van der Waals surface area contributed by atoms with Crippen LogP contribution in [0.15, 0.2) is 93.9 Å². The highest BCUT2D eigenvalue weighted by molar-refractivity contribution is 7.90. The van der Waals surface area contributed by atoms with Crippen LogP contribution in [0, 0.1) is 0 Å². The Morgan fingerprint density at radius 2 is 1.67 bits per heavy atom. The summed E-state index contributed by atoms with van der Waals surface area (Å²) in [6.45, 7) is 1.98. The Labute approximate surface area is 191 Å². The molecule has 0 amide bonds. The highest BCUT2D eigenvalue weighted by Gasteiger charge is 2.26. The zero-order valence-electron chi connectivity index (χ0n) is 17.6. The Morgan fingerprint density at radius 1 is 0.970 bits per heavy atom. The van der Waals surface area contributed by atoms with Crippen molar-refractivity contribution >= 4 is 33.2 Å². The van der Waals surface area contributed by atoms with Crippen molar-refractivity contribution in [1.29, 1.82) is 0 Å². The van der Waals surface area contributed by atoms with E-state index in [9.17, 15) is 23.1 Å². The molecule has 1 aliphatic carbocycles. The molecule has 0 fully saturated rings. The van der Waals surface area contributed by atoms with Gasteiger partial charge in [-0.25, -0.2) is 4.79 Å². The molecule has 0 saturated heterocycles. The van der Waals surface area contributed by atoms with E-state index in [2.05, 4.69) is 9.71 Å². The van der Waals surface area contributed by atoms with Crippen molar-refractivity contribution < 1.29 is 23.1 Å². The summed E-state index contributed by atoms with van der Waals surface area (Å²) in [5.74, 6) is -1.45. The molecule has 0 spiro atoms. The van der Waals surface area contributed by atoms with Gasteiger partial charge in [0.1, 0.15) is 0 Å². The van der Waals surface area contributed by atoms with Crippen molar-refractivity contribution in [3.63, 3.8) is 0 Å². The average molecular weight is 461 g/mol. The topological polar surface area (TPSA) is 113 Å². The third-order valence-corrected chi connectivity index (χ3v) is 6.51. The minimum Gasteiger partial charge on any atom is -0.478 e. The molecule has 0 radical (unpaired) electrons. The summed E-state index contributed by atoms with van der Waals surface area (Å²) in [5, 5.41) is 12.1. The van der Waals surface area contributed by atoms with Gasteiger partial charge >= 0.3 is 5.97 Å². The van der Waals surface area contributed by atoms with Crippen molar-refractivity contribution in [3.05, 3.63) is 107 Å². The fourth-order valence-corrected chi connectivity index (χ4v) is 4.46.